The number of hydrogen-bond acceptors (Lipinski definition) is 3. The van der Waals surface area contributed by atoms with Crippen molar-refractivity contribution in [3.8, 4) is 0 Å². The number of halogens is 2. The highest BCUT2D eigenvalue weighted by atomic mass is 79.9. The first-order valence-electron chi connectivity index (χ1n) is 4.46. The number of pyridine rings is 1. The molecule has 7 heteroatoms. The number of aromatic nitrogens is 1. The van der Waals surface area contributed by atoms with Gasteiger partial charge in [-0.2, -0.15) is 0 Å². The van der Waals surface area contributed by atoms with Gasteiger partial charge in [-0.25, -0.2) is 0 Å². The summed E-state index contributed by atoms with van der Waals surface area (Å²) in [5, 5.41) is 5.62. The molecule has 1 aromatic heterocycles. The standard InChI is InChI=1S/C9H12BrN3O2.ClH/c1-11-2-3-12-8(14)6-4-7(10)9(15)13-5-6;/h4-5,11H,2-3H2,1H3,(H,12,14)(H,13,15);1H. The lowest BCUT2D eigenvalue weighted by Crippen LogP contribution is -2.30. The van der Waals surface area contributed by atoms with Crippen LogP contribution in [-0.2, 0) is 0 Å². The van der Waals surface area contributed by atoms with E-state index in [1.165, 1.54) is 12.3 Å². The van der Waals surface area contributed by atoms with E-state index in [4.69, 9.17) is 0 Å². The Labute approximate surface area is 108 Å². The normalized spacial score (nSPS) is 9.38. The van der Waals surface area contributed by atoms with Crippen LogP contribution in [0, 0.1) is 0 Å². The number of carbonyl (C=O) groups is 1. The largest absolute Gasteiger partial charge is 0.351 e. The molecule has 3 N–H and O–H groups in total. The Balaban J connectivity index is 0.00000225. The van der Waals surface area contributed by atoms with Crippen LogP contribution < -0.4 is 16.2 Å². The van der Waals surface area contributed by atoms with E-state index in [0.717, 1.165) is 0 Å². The predicted molar refractivity (Wildman–Crippen MR) is 68.3 cm³/mol. The summed E-state index contributed by atoms with van der Waals surface area (Å²) >= 11 is 3.06. The maximum atomic E-state index is 11.5. The summed E-state index contributed by atoms with van der Waals surface area (Å²) in [7, 11) is 1.81. The summed E-state index contributed by atoms with van der Waals surface area (Å²) < 4.78 is 0.351. The van der Waals surface area contributed by atoms with E-state index >= 15 is 0 Å². The van der Waals surface area contributed by atoms with Crippen molar-refractivity contribution < 1.29 is 4.79 Å². The first-order valence-corrected chi connectivity index (χ1v) is 5.25. The minimum Gasteiger partial charge on any atom is -0.351 e. The van der Waals surface area contributed by atoms with Crippen LogP contribution in [-0.4, -0.2) is 31.0 Å². The molecule has 1 heterocycles. The highest BCUT2D eigenvalue weighted by Crippen LogP contribution is 2.04. The van der Waals surface area contributed by atoms with Gasteiger partial charge in [0.25, 0.3) is 11.5 Å². The number of carbonyl (C=O) groups excluding carboxylic acids is 1. The molecule has 16 heavy (non-hydrogen) atoms. The molecule has 0 bridgehead atoms. The molecule has 0 fully saturated rings. The van der Waals surface area contributed by atoms with Gasteiger partial charge < -0.3 is 15.6 Å². The van der Waals surface area contributed by atoms with Crippen LogP contribution >= 0.6 is 28.3 Å². The highest BCUT2D eigenvalue weighted by Gasteiger charge is 2.06. The monoisotopic (exact) mass is 309 g/mol. The van der Waals surface area contributed by atoms with Crippen LogP contribution in [0.4, 0.5) is 0 Å². The topological polar surface area (TPSA) is 74.0 Å². The van der Waals surface area contributed by atoms with Crippen molar-refractivity contribution >= 4 is 34.2 Å². The fourth-order valence-corrected chi connectivity index (χ4v) is 1.35. The summed E-state index contributed by atoms with van der Waals surface area (Å²) in [6, 6.07) is 1.49. The third-order valence-corrected chi connectivity index (χ3v) is 2.37. The van der Waals surface area contributed by atoms with E-state index in [1.807, 2.05) is 7.05 Å². The maximum Gasteiger partial charge on any atom is 0.262 e. The van der Waals surface area contributed by atoms with Gasteiger partial charge in [-0.05, 0) is 29.0 Å². The van der Waals surface area contributed by atoms with E-state index in [9.17, 15) is 9.59 Å². The molecule has 90 valence electrons. The van der Waals surface area contributed by atoms with Gasteiger partial charge in [-0.3, -0.25) is 9.59 Å². The second-order valence-corrected chi connectivity index (χ2v) is 3.78. The number of amides is 1. The van der Waals surface area contributed by atoms with Crippen molar-refractivity contribution in [2.24, 2.45) is 0 Å². The average molecular weight is 311 g/mol. The highest BCUT2D eigenvalue weighted by molar-refractivity contribution is 9.10. The third kappa shape index (κ3) is 4.34. The second-order valence-electron chi connectivity index (χ2n) is 2.92. The number of likely N-dealkylation sites (N-methyl/N-ethyl adjacent to an activating group) is 1. The molecule has 0 aliphatic carbocycles. The van der Waals surface area contributed by atoms with E-state index in [1.54, 1.807) is 0 Å². The molecule has 0 saturated carbocycles. The third-order valence-electron chi connectivity index (χ3n) is 1.78. The van der Waals surface area contributed by atoms with E-state index in [2.05, 4.69) is 31.5 Å². The van der Waals surface area contributed by atoms with Crippen molar-refractivity contribution in [2.45, 2.75) is 0 Å². The number of hydrogen-bond donors (Lipinski definition) is 3. The molecule has 1 rings (SSSR count). The summed E-state index contributed by atoms with van der Waals surface area (Å²) in [6.07, 6.45) is 1.39. The lowest BCUT2D eigenvalue weighted by Gasteiger charge is -2.04. The van der Waals surface area contributed by atoms with E-state index < -0.39 is 0 Å². The Bertz CT molecular complexity index is 408. The summed E-state index contributed by atoms with van der Waals surface area (Å²) in [6.45, 7) is 1.25. The number of nitrogens with one attached hydrogen (secondary N) is 3. The molecular weight excluding hydrogens is 297 g/mol. The van der Waals surface area contributed by atoms with Crippen molar-refractivity contribution in [2.75, 3.05) is 20.1 Å². The molecule has 0 aliphatic heterocycles. The van der Waals surface area contributed by atoms with Crippen LogP contribution in [0.25, 0.3) is 0 Å². The number of rotatable bonds is 4. The molecule has 0 spiro atoms. The Kier molecular flexibility index (Phi) is 7.03. The number of H-pyrrole nitrogens is 1. The van der Waals surface area contributed by atoms with Gasteiger partial charge in [0.1, 0.15) is 0 Å². The Hall–Kier alpha value is -0.850. The summed E-state index contributed by atoms with van der Waals surface area (Å²) in [4.78, 5) is 25.0. The van der Waals surface area contributed by atoms with Gasteiger partial charge in [0.2, 0.25) is 0 Å². The lowest BCUT2D eigenvalue weighted by molar-refractivity contribution is 0.0953. The Morgan fingerprint density at radius 3 is 2.75 bits per heavy atom. The molecule has 0 aromatic carbocycles. The molecule has 1 aromatic rings. The molecule has 0 atom stereocenters. The van der Waals surface area contributed by atoms with Crippen molar-refractivity contribution in [1.82, 2.24) is 15.6 Å². The zero-order valence-electron chi connectivity index (χ0n) is 8.67. The lowest BCUT2D eigenvalue weighted by atomic mass is 10.3. The smallest absolute Gasteiger partial charge is 0.262 e. The number of aromatic amines is 1. The van der Waals surface area contributed by atoms with Gasteiger partial charge in [-0.15, -0.1) is 12.4 Å². The maximum absolute atomic E-state index is 11.5. The van der Waals surface area contributed by atoms with Gasteiger partial charge in [0.05, 0.1) is 10.0 Å². The summed E-state index contributed by atoms with van der Waals surface area (Å²) in [5.41, 5.74) is 0.180. The van der Waals surface area contributed by atoms with Crippen molar-refractivity contribution in [3.05, 3.63) is 32.7 Å². The molecule has 0 saturated heterocycles. The van der Waals surface area contributed by atoms with Crippen LogP contribution in [0.3, 0.4) is 0 Å². The molecule has 0 radical (unpaired) electrons. The molecular formula is C9H13BrClN3O2. The SMILES string of the molecule is CNCCNC(=O)c1c[nH]c(=O)c(Br)c1.Cl. The molecule has 5 nitrogen and oxygen atoms in total. The first kappa shape index (κ1) is 15.2. The van der Waals surface area contributed by atoms with Crippen LogP contribution in [0.1, 0.15) is 10.4 Å². The fourth-order valence-electron chi connectivity index (χ4n) is 0.990. The molecule has 1 amide bonds. The molecule has 0 unspecified atom stereocenters. The van der Waals surface area contributed by atoms with Crippen LogP contribution in [0.15, 0.2) is 21.5 Å². The fraction of sp³-hybridized carbons (Fsp3) is 0.333. The van der Waals surface area contributed by atoms with E-state index in [-0.39, 0.29) is 23.9 Å². The quantitative estimate of drug-likeness (QED) is 0.709. The van der Waals surface area contributed by atoms with Gasteiger partial charge in [-0.1, -0.05) is 0 Å². The first-order chi connectivity index (χ1) is 7.15. The minimum atomic E-state index is -0.248. The zero-order valence-corrected chi connectivity index (χ0v) is 11.1. The minimum absolute atomic E-state index is 0. The average Bonchev–Trinajstić information content (AvgIpc) is 2.22. The second kappa shape index (κ2) is 7.43. The van der Waals surface area contributed by atoms with Crippen LogP contribution in [0.5, 0.6) is 0 Å². The van der Waals surface area contributed by atoms with Gasteiger partial charge >= 0.3 is 0 Å². The van der Waals surface area contributed by atoms with Gasteiger partial charge in [0.15, 0.2) is 0 Å². The van der Waals surface area contributed by atoms with Crippen molar-refractivity contribution in [1.29, 1.82) is 0 Å². The van der Waals surface area contributed by atoms with Gasteiger partial charge in [0, 0.05) is 19.3 Å². The predicted octanol–water partition coefficient (Wildman–Crippen LogP) is 0.508. The molecule has 0 aliphatic rings. The Morgan fingerprint density at radius 2 is 2.19 bits per heavy atom. The zero-order chi connectivity index (χ0) is 11.3. The van der Waals surface area contributed by atoms with E-state index in [0.29, 0.717) is 23.1 Å². The van der Waals surface area contributed by atoms with Crippen LogP contribution in [0.2, 0.25) is 0 Å². The Morgan fingerprint density at radius 1 is 1.50 bits per heavy atom. The van der Waals surface area contributed by atoms with Crippen molar-refractivity contribution in [3.63, 3.8) is 0 Å². The summed E-state index contributed by atoms with van der Waals surface area (Å²) in [5.74, 6) is -0.206.